The molecule has 0 aromatic rings. The summed E-state index contributed by atoms with van der Waals surface area (Å²) in [5.74, 6) is 0. The Bertz CT molecular complexity index is 149. The van der Waals surface area contributed by atoms with Crippen molar-refractivity contribution in [2.45, 2.75) is 26.7 Å². The Morgan fingerprint density at radius 3 is 1.50 bits per heavy atom. The third-order valence-corrected chi connectivity index (χ3v) is 1.43. The zero-order chi connectivity index (χ0) is 9.40. The number of hydrogen-bond acceptors (Lipinski definition) is 2. The molecule has 2 nitrogen and oxygen atoms in total. The maximum absolute atomic E-state index is 4.75. The van der Waals surface area contributed by atoms with E-state index in [9.17, 15) is 0 Å². The van der Waals surface area contributed by atoms with Crippen molar-refractivity contribution in [3.63, 3.8) is 0 Å². The van der Waals surface area contributed by atoms with Crippen LogP contribution in [0.15, 0.2) is 11.1 Å². The second-order valence-corrected chi connectivity index (χ2v) is 2.67. The molecule has 0 amide bonds. The SMILES string of the molecule is CO/[C]=C(/C)CC/C(C)=[C]\OC. The number of rotatable bonds is 5. The lowest BCUT2D eigenvalue weighted by molar-refractivity contribution is 0.304. The largest absolute Gasteiger partial charge is 0.493 e. The second-order valence-electron chi connectivity index (χ2n) is 2.67. The predicted octanol–water partition coefficient (Wildman–Crippen LogP) is 2.47. The van der Waals surface area contributed by atoms with Crippen LogP contribution in [-0.2, 0) is 9.47 Å². The van der Waals surface area contributed by atoms with Gasteiger partial charge in [0.05, 0.1) is 14.2 Å². The van der Waals surface area contributed by atoms with Gasteiger partial charge in [0.15, 0.2) is 12.5 Å². The summed E-state index contributed by atoms with van der Waals surface area (Å²) in [6.07, 6.45) is 7.44. The first-order valence-electron chi connectivity index (χ1n) is 3.93. The molecule has 2 radical (unpaired) electrons. The molecule has 0 rings (SSSR count). The van der Waals surface area contributed by atoms with Crippen molar-refractivity contribution in [1.82, 2.24) is 0 Å². The fourth-order valence-corrected chi connectivity index (χ4v) is 0.826. The van der Waals surface area contributed by atoms with Crippen LogP contribution in [0.1, 0.15) is 26.7 Å². The van der Waals surface area contributed by atoms with Gasteiger partial charge in [-0.25, -0.2) is 0 Å². The van der Waals surface area contributed by atoms with E-state index in [2.05, 4.69) is 12.5 Å². The van der Waals surface area contributed by atoms with Crippen LogP contribution in [0, 0.1) is 12.5 Å². The van der Waals surface area contributed by atoms with E-state index in [4.69, 9.17) is 9.47 Å². The van der Waals surface area contributed by atoms with Gasteiger partial charge in [-0.3, -0.25) is 0 Å². The number of methoxy groups -OCH3 is 2. The minimum Gasteiger partial charge on any atom is -0.493 e. The molecule has 0 aromatic heterocycles. The molecular formula is C10H16O2. The van der Waals surface area contributed by atoms with Crippen LogP contribution in [0.3, 0.4) is 0 Å². The molecule has 68 valence electrons. The summed E-state index contributed by atoms with van der Waals surface area (Å²) < 4.78 is 9.50. The summed E-state index contributed by atoms with van der Waals surface area (Å²) in [6, 6.07) is 0. The van der Waals surface area contributed by atoms with Gasteiger partial charge in [-0.05, 0) is 37.8 Å². The zero-order valence-electron chi connectivity index (χ0n) is 8.23. The van der Waals surface area contributed by atoms with Gasteiger partial charge in [-0.1, -0.05) is 0 Å². The molecule has 2 heteroatoms. The first-order chi connectivity index (χ1) is 5.70. The van der Waals surface area contributed by atoms with Crippen molar-refractivity contribution >= 4 is 0 Å². The van der Waals surface area contributed by atoms with Crippen molar-refractivity contribution in [3.05, 3.63) is 23.7 Å². The summed E-state index contributed by atoms with van der Waals surface area (Å²) in [7, 11) is 3.21. The maximum atomic E-state index is 4.75. The Balaban J connectivity index is 3.68. The van der Waals surface area contributed by atoms with Gasteiger partial charge in [0.1, 0.15) is 0 Å². The minimum absolute atomic E-state index is 0.941. The highest BCUT2D eigenvalue weighted by Gasteiger charge is 1.94. The van der Waals surface area contributed by atoms with E-state index in [-0.39, 0.29) is 0 Å². The highest BCUT2D eigenvalue weighted by molar-refractivity contribution is 4.96. The molecular weight excluding hydrogens is 152 g/mol. The van der Waals surface area contributed by atoms with Gasteiger partial charge in [-0.2, -0.15) is 0 Å². The van der Waals surface area contributed by atoms with Gasteiger partial charge >= 0.3 is 0 Å². The second kappa shape index (κ2) is 6.77. The maximum Gasteiger partial charge on any atom is 0.159 e. The average Bonchev–Trinajstić information content (AvgIpc) is 2.02. The van der Waals surface area contributed by atoms with Gasteiger partial charge in [-0.15, -0.1) is 0 Å². The van der Waals surface area contributed by atoms with E-state index in [0.717, 1.165) is 24.0 Å². The molecule has 0 aliphatic heterocycles. The van der Waals surface area contributed by atoms with E-state index in [1.807, 2.05) is 13.8 Å². The van der Waals surface area contributed by atoms with E-state index in [0.29, 0.717) is 0 Å². The van der Waals surface area contributed by atoms with Crippen LogP contribution in [0.4, 0.5) is 0 Å². The smallest absolute Gasteiger partial charge is 0.159 e. The number of ether oxygens (including phenoxy) is 2. The molecule has 0 spiro atoms. The summed E-state index contributed by atoms with van der Waals surface area (Å²) in [5, 5.41) is 0. The summed E-state index contributed by atoms with van der Waals surface area (Å²) >= 11 is 0. The molecule has 0 unspecified atom stereocenters. The van der Waals surface area contributed by atoms with Crippen molar-refractivity contribution in [2.75, 3.05) is 14.2 Å². The summed E-state index contributed by atoms with van der Waals surface area (Å²) in [5.41, 5.74) is 2.21. The van der Waals surface area contributed by atoms with Crippen molar-refractivity contribution in [2.24, 2.45) is 0 Å². The fraction of sp³-hybridized carbons (Fsp3) is 0.600. The molecule has 0 saturated heterocycles. The third kappa shape index (κ3) is 5.83. The quantitative estimate of drug-likeness (QED) is 0.587. The molecule has 12 heavy (non-hydrogen) atoms. The molecule has 0 N–H and O–H groups in total. The Labute approximate surface area is 74.9 Å². The van der Waals surface area contributed by atoms with E-state index in [1.54, 1.807) is 14.2 Å². The Kier molecular flexibility index (Phi) is 6.25. The van der Waals surface area contributed by atoms with Crippen LogP contribution in [0.5, 0.6) is 0 Å². The van der Waals surface area contributed by atoms with Crippen LogP contribution < -0.4 is 0 Å². The first kappa shape index (κ1) is 11.1. The van der Waals surface area contributed by atoms with Gasteiger partial charge in [0.25, 0.3) is 0 Å². The molecule has 0 bridgehead atoms. The molecule has 0 fully saturated rings. The summed E-state index contributed by atoms with van der Waals surface area (Å²) in [6.45, 7) is 3.98. The van der Waals surface area contributed by atoms with Crippen LogP contribution in [-0.4, -0.2) is 14.2 Å². The van der Waals surface area contributed by atoms with Crippen molar-refractivity contribution in [1.29, 1.82) is 0 Å². The Morgan fingerprint density at radius 1 is 0.917 bits per heavy atom. The first-order valence-corrected chi connectivity index (χ1v) is 3.93. The van der Waals surface area contributed by atoms with E-state index < -0.39 is 0 Å². The highest BCUT2D eigenvalue weighted by atomic mass is 16.5. The Morgan fingerprint density at radius 2 is 1.25 bits per heavy atom. The molecule has 0 heterocycles. The zero-order valence-corrected chi connectivity index (χ0v) is 8.23. The van der Waals surface area contributed by atoms with Gasteiger partial charge < -0.3 is 9.47 Å². The van der Waals surface area contributed by atoms with E-state index in [1.165, 1.54) is 0 Å². The van der Waals surface area contributed by atoms with Crippen molar-refractivity contribution < 1.29 is 9.47 Å². The average molecular weight is 168 g/mol. The number of hydrogen-bond donors (Lipinski definition) is 0. The monoisotopic (exact) mass is 168 g/mol. The van der Waals surface area contributed by atoms with Crippen LogP contribution >= 0.6 is 0 Å². The molecule has 0 atom stereocenters. The minimum atomic E-state index is 0.941. The molecule has 0 saturated carbocycles. The Hall–Kier alpha value is -0.920. The van der Waals surface area contributed by atoms with Crippen LogP contribution in [0.25, 0.3) is 0 Å². The molecule has 0 aliphatic rings. The number of allylic oxidation sites excluding steroid dienone is 2. The lowest BCUT2D eigenvalue weighted by atomic mass is 10.1. The van der Waals surface area contributed by atoms with Gasteiger partial charge in [0.2, 0.25) is 0 Å². The lowest BCUT2D eigenvalue weighted by Gasteiger charge is -1.99. The third-order valence-electron chi connectivity index (χ3n) is 1.43. The fourth-order valence-electron chi connectivity index (χ4n) is 0.826. The summed E-state index contributed by atoms with van der Waals surface area (Å²) in [4.78, 5) is 0. The lowest BCUT2D eigenvalue weighted by Crippen LogP contribution is -1.84. The van der Waals surface area contributed by atoms with Crippen molar-refractivity contribution in [3.8, 4) is 0 Å². The van der Waals surface area contributed by atoms with E-state index >= 15 is 0 Å². The van der Waals surface area contributed by atoms with Crippen LogP contribution in [0.2, 0.25) is 0 Å². The molecule has 0 aromatic carbocycles. The van der Waals surface area contributed by atoms with Gasteiger partial charge in [0, 0.05) is 0 Å². The normalized spacial score (nSPS) is 13.0. The predicted molar refractivity (Wildman–Crippen MR) is 48.1 cm³/mol. The standard InChI is InChI=1S/C10H16O2/c1-9(7-11-3)5-6-10(2)8-12-4/h5-6H2,1-4H3. The topological polar surface area (TPSA) is 18.5 Å². The molecule has 0 aliphatic carbocycles. The highest BCUT2D eigenvalue weighted by Crippen LogP contribution is 2.09.